The highest BCUT2D eigenvalue weighted by atomic mass is 35.5. The van der Waals surface area contributed by atoms with Crippen LogP contribution in [-0.2, 0) is 11.2 Å². The predicted molar refractivity (Wildman–Crippen MR) is 85.8 cm³/mol. The fraction of sp³-hybridized carbons (Fsp3) is 0.625. The molecule has 1 N–H and O–H groups in total. The molecule has 2 unspecified atom stereocenters. The van der Waals surface area contributed by atoms with E-state index in [1.165, 1.54) is 6.42 Å². The van der Waals surface area contributed by atoms with Crippen molar-refractivity contribution < 1.29 is 4.74 Å². The first kappa shape index (κ1) is 16.1. The van der Waals surface area contributed by atoms with Crippen molar-refractivity contribution in [2.75, 3.05) is 13.2 Å². The summed E-state index contributed by atoms with van der Waals surface area (Å²) in [5, 5.41) is 5.03. The molecule has 0 bridgehead atoms. The van der Waals surface area contributed by atoms with Crippen molar-refractivity contribution in [3.63, 3.8) is 0 Å². The van der Waals surface area contributed by atoms with E-state index in [-0.39, 0.29) is 11.6 Å². The predicted octanol–water partition coefficient (Wildman–Crippen LogP) is 4.47. The molecule has 0 aliphatic carbocycles. The Labute approximate surface area is 131 Å². The fourth-order valence-electron chi connectivity index (χ4n) is 2.91. The van der Waals surface area contributed by atoms with Crippen LogP contribution < -0.4 is 5.32 Å². The van der Waals surface area contributed by atoms with Gasteiger partial charge in [-0.15, -0.1) is 0 Å². The van der Waals surface area contributed by atoms with Crippen LogP contribution >= 0.6 is 23.2 Å². The van der Waals surface area contributed by atoms with E-state index >= 15 is 0 Å². The molecule has 1 heterocycles. The van der Waals surface area contributed by atoms with Crippen LogP contribution in [0.5, 0.6) is 0 Å². The normalized spacial score (nSPS) is 24.6. The molecule has 1 aromatic rings. The van der Waals surface area contributed by atoms with Gasteiger partial charge in [-0.05, 0) is 56.8 Å². The first-order valence-corrected chi connectivity index (χ1v) is 8.12. The van der Waals surface area contributed by atoms with Gasteiger partial charge < -0.3 is 10.1 Å². The Kier molecular flexibility index (Phi) is 5.74. The minimum atomic E-state index is -0.142. The van der Waals surface area contributed by atoms with E-state index in [1.54, 1.807) is 0 Å². The summed E-state index contributed by atoms with van der Waals surface area (Å²) in [4.78, 5) is 0. The summed E-state index contributed by atoms with van der Waals surface area (Å²) < 4.78 is 6.08. The maximum Gasteiger partial charge on any atom is 0.0810 e. The van der Waals surface area contributed by atoms with E-state index in [1.807, 2.05) is 18.2 Å². The van der Waals surface area contributed by atoms with Crippen molar-refractivity contribution in [1.82, 2.24) is 5.32 Å². The lowest BCUT2D eigenvalue weighted by molar-refractivity contribution is -0.0881. The van der Waals surface area contributed by atoms with Gasteiger partial charge in [-0.1, -0.05) is 36.2 Å². The van der Waals surface area contributed by atoms with Gasteiger partial charge in [0.1, 0.15) is 0 Å². The van der Waals surface area contributed by atoms with Crippen LogP contribution in [0.25, 0.3) is 0 Å². The SMILES string of the molecule is CCNC(Cc1c(Cl)cccc1Cl)C1(C)CCCCO1. The molecule has 2 rings (SSSR count). The van der Waals surface area contributed by atoms with Crippen LogP contribution in [0.15, 0.2) is 18.2 Å². The second kappa shape index (κ2) is 7.13. The molecule has 1 aromatic carbocycles. The Hall–Kier alpha value is -0.280. The largest absolute Gasteiger partial charge is 0.374 e. The molecule has 2 atom stereocenters. The Morgan fingerprint density at radius 1 is 1.30 bits per heavy atom. The quantitative estimate of drug-likeness (QED) is 0.865. The molecule has 1 aliphatic rings. The van der Waals surface area contributed by atoms with Crippen molar-refractivity contribution in [3.05, 3.63) is 33.8 Å². The molecule has 1 fully saturated rings. The number of likely N-dealkylation sites (N-methyl/N-ethyl adjacent to an activating group) is 1. The van der Waals surface area contributed by atoms with Gasteiger partial charge in [-0.25, -0.2) is 0 Å². The Morgan fingerprint density at radius 3 is 2.55 bits per heavy atom. The van der Waals surface area contributed by atoms with Gasteiger partial charge >= 0.3 is 0 Å². The molecular weight excluding hydrogens is 293 g/mol. The van der Waals surface area contributed by atoms with Gasteiger partial charge in [0.15, 0.2) is 0 Å². The zero-order valence-electron chi connectivity index (χ0n) is 12.2. The number of benzene rings is 1. The minimum Gasteiger partial charge on any atom is -0.374 e. The molecule has 112 valence electrons. The second-order valence-electron chi connectivity index (χ2n) is 5.63. The highest BCUT2D eigenvalue weighted by Crippen LogP contribution is 2.33. The van der Waals surface area contributed by atoms with E-state index in [9.17, 15) is 0 Å². The highest BCUT2D eigenvalue weighted by Gasteiger charge is 2.36. The molecule has 1 saturated heterocycles. The van der Waals surface area contributed by atoms with Gasteiger partial charge in [0, 0.05) is 22.7 Å². The number of rotatable bonds is 5. The standard InChI is InChI=1S/C16H23Cl2NO/c1-3-19-15(16(2)9-4-5-10-20-16)11-12-13(17)7-6-8-14(12)18/h6-8,15,19H,3-5,9-11H2,1-2H3. The molecule has 1 aliphatic heterocycles. The van der Waals surface area contributed by atoms with Crippen molar-refractivity contribution in [2.24, 2.45) is 0 Å². The van der Waals surface area contributed by atoms with Crippen LogP contribution in [0, 0.1) is 0 Å². The van der Waals surface area contributed by atoms with E-state index < -0.39 is 0 Å². The van der Waals surface area contributed by atoms with Crippen LogP contribution in [-0.4, -0.2) is 24.8 Å². The van der Waals surface area contributed by atoms with Crippen molar-refractivity contribution in [1.29, 1.82) is 0 Å². The zero-order valence-corrected chi connectivity index (χ0v) is 13.7. The highest BCUT2D eigenvalue weighted by molar-refractivity contribution is 6.36. The van der Waals surface area contributed by atoms with Gasteiger partial charge in [0.2, 0.25) is 0 Å². The topological polar surface area (TPSA) is 21.3 Å². The third kappa shape index (κ3) is 3.67. The third-order valence-electron chi connectivity index (χ3n) is 4.16. The van der Waals surface area contributed by atoms with Crippen molar-refractivity contribution in [3.8, 4) is 0 Å². The van der Waals surface area contributed by atoms with Gasteiger partial charge in [-0.3, -0.25) is 0 Å². The molecule has 0 radical (unpaired) electrons. The summed E-state index contributed by atoms with van der Waals surface area (Å²) in [6, 6.07) is 5.91. The number of hydrogen-bond donors (Lipinski definition) is 1. The Balaban J connectivity index is 2.20. The summed E-state index contributed by atoms with van der Waals surface area (Å²) in [6.45, 7) is 6.07. The second-order valence-corrected chi connectivity index (χ2v) is 6.45. The lowest BCUT2D eigenvalue weighted by Gasteiger charge is -2.41. The molecular formula is C16H23Cl2NO. The average Bonchev–Trinajstić information content (AvgIpc) is 2.42. The number of ether oxygens (including phenoxy) is 1. The van der Waals surface area contributed by atoms with Gasteiger partial charge in [0.05, 0.1) is 5.60 Å². The molecule has 0 spiro atoms. The molecule has 2 nitrogen and oxygen atoms in total. The maximum absolute atomic E-state index is 6.31. The van der Waals surface area contributed by atoms with Crippen LogP contribution in [0.3, 0.4) is 0 Å². The molecule has 0 amide bonds. The summed E-state index contributed by atoms with van der Waals surface area (Å²) in [5.41, 5.74) is 0.869. The Bertz CT molecular complexity index is 424. The van der Waals surface area contributed by atoms with Crippen LogP contribution in [0.4, 0.5) is 0 Å². The molecule has 0 aromatic heterocycles. The summed E-state index contributed by atoms with van der Waals surface area (Å²) >= 11 is 12.6. The molecule has 0 saturated carbocycles. The first-order chi connectivity index (χ1) is 9.57. The van der Waals surface area contributed by atoms with E-state index in [0.29, 0.717) is 0 Å². The first-order valence-electron chi connectivity index (χ1n) is 7.37. The van der Waals surface area contributed by atoms with Crippen LogP contribution in [0.1, 0.15) is 38.7 Å². The zero-order chi connectivity index (χ0) is 14.6. The Morgan fingerprint density at radius 2 is 2.00 bits per heavy atom. The number of hydrogen-bond acceptors (Lipinski definition) is 2. The third-order valence-corrected chi connectivity index (χ3v) is 4.87. The average molecular weight is 316 g/mol. The van der Waals surface area contributed by atoms with E-state index in [4.69, 9.17) is 27.9 Å². The summed E-state index contributed by atoms with van der Waals surface area (Å²) in [5.74, 6) is 0. The van der Waals surface area contributed by atoms with Gasteiger partial charge in [-0.2, -0.15) is 0 Å². The smallest absolute Gasteiger partial charge is 0.0810 e. The van der Waals surface area contributed by atoms with Gasteiger partial charge in [0.25, 0.3) is 0 Å². The molecule has 4 heteroatoms. The van der Waals surface area contributed by atoms with E-state index in [0.717, 1.165) is 48.0 Å². The maximum atomic E-state index is 6.31. The number of halogens is 2. The fourth-order valence-corrected chi connectivity index (χ4v) is 3.46. The van der Waals surface area contributed by atoms with Crippen molar-refractivity contribution in [2.45, 2.75) is 51.2 Å². The lowest BCUT2D eigenvalue weighted by Crippen LogP contribution is -2.53. The number of nitrogens with one attached hydrogen (secondary N) is 1. The summed E-state index contributed by atoms with van der Waals surface area (Å²) in [6.07, 6.45) is 4.24. The monoisotopic (exact) mass is 315 g/mol. The molecule has 20 heavy (non-hydrogen) atoms. The summed E-state index contributed by atoms with van der Waals surface area (Å²) in [7, 11) is 0. The lowest BCUT2D eigenvalue weighted by atomic mass is 9.84. The van der Waals surface area contributed by atoms with Crippen molar-refractivity contribution >= 4 is 23.2 Å². The minimum absolute atomic E-state index is 0.142. The van der Waals surface area contributed by atoms with E-state index in [2.05, 4.69) is 19.2 Å². The van der Waals surface area contributed by atoms with Crippen LogP contribution in [0.2, 0.25) is 10.0 Å².